The van der Waals surface area contributed by atoms with Crippen molar-refractivity contribution in [2.45, 2.75) is 117 Å². The van der Waals surface area contributed by atoms with E-state index in [1.54, 1.807) is 0 Å². The molecule has 0 saturated carbocycles. The van der Waals surface area contributed by atoms with E-state index in [1.165, 1.54) is 64.2 Å². The van der Waals surface area contributed by atoms with E-state index in [2.05, 4.69) is 13.8 Å². The van der Waals surface area contributed by atoms with Crippen LogP contribution in [-0.4, -0.2) is 35.8 Å². The summed E-state index contributed by atoms with van der Waals surface area (Å²) < 4.78 is 0. The first-order valence-electron chi connectivity index (χ1n) is 9.94. The molecule has 25 heavy (non-hydrogen) atoms. The van der Waals surface area contributed by atoms with Crippen molar-refractivity contribution in [2.75, 3.05) is 0 Å². The molecule has 0 aliphatic carbocycles. The van der Waals surface area contributed by atoms with E-state index in [-0.39, 0.29) is 36.7 Å². The SMILES string of the molecule is CCCCCCCCCC(=O)[O-].CCCCCCCCCC(=O)[O-].[SnH2+2]. The molecule has 0 saturated heterocycles. The number of unbranched alkanes of at least 4 members (excludes halogenated alkanes) is 12. The Balaban J connectivity index is -0.000000372. The van der Waals surface area contributed by atoms with Crippen LogP contribution in [0, 0.1) is 0 Å². The van der Waals surface area contributed by atoms with Gasteiger partial charge in [-0.2, -0.15) is 0 Å². The Labute approximate surface area is 172 Å². The molecular weight excluding hydrogens is 423 g/mol. The number of hydrogen-bond donors (Lipinski definition) is 0. The van der Waals surface area contributed by atoms with E-state index in [1.807, 2.05) is 0 Å². The Morgan fingerprint density at radius 2 is 0.760 bits per heavy atom. The monoisotopic (exact) mass is 464 g/mol. The molecule has 0 amide bonds. The normalized spacial score (nSPS) is 9.68. The second-order valence-corrected chi connectivity index (χ2v) is 6.49. The molecule has 0 unspecified atom stereocenters. The molecule has 0 aromatic heterocycles. The van der Waals surface area contributed by atoms with Gasteiger partial charge in [0.2, 0.25) is 0 Å². The van der Waals surface area contributed by atoms with Crippen LogP contribution in [0.3, 0.4) is 0 Å². The maximum absolute atomic E-state index is 10.0. The summed E-state index contributed by atoms with van der Waals surface area (Å²) in [5.41, 5.74) is 0. The van der Waals surface area contributed by atoms with E-state index in [0.717, 1.165) is 25.7 Å². The molecule has 0 fully saturated rings. The average molecular weight is 463 g/mol. The van der Waals surface area contributed by atoms with E-state index < -0.39 is 11.9 Å². The van der Waals surface area contributed by atoms with Gasteiger partial charge in [0, 0.05) is 11.9 Å². The van der Waals surface area contributed by atoms with Crippen molar-refractivity contribution >= 4 is 35.8 Å². The van der Waals surface area contributed by atoms with Crippen molar-refractivity contribution in [1.82, 2.24) is 0 Å². The van der Waals surface area contributed by atoms with Gasteiger partial charge in [0.15, 0.2) is 0 Å². The van der Waals surface area contributed by atoms with Crippen molar-refractivity contribution in [1.29, 1.82) is 0 Å². The molecule has 0 spiro atoms. The summed E-state index contributed by atoms with van der Waals surface area (Å²) in [4.78, 5) is 20.0. The summed E-state index contributed by atoms with van der Waals surface area (Å²) in [6.45, 7) is 4.38. The minimum atomic E-state index is -0.913. The van der Waals surface area contributed by atoms with Gasteiger partial charge in [-0.3, -0.25) is 0 Å². The number of aliphatic carboxylic acids is 2. The van der Waals surface area contributed by atoms with Crippen molar-refractivity contribution in [3.63, 3.8) is 0 Å². The third-order valence-corrected chi connectivity index (χ3v) is 3.97. The Morgan fingerprint density at radius 3 is 1.00 bits per heavy atom. The van der Waals surface area contributed by atoms with Crippen LogP contribution in [0.5, 0.6) is 0 Å². The number of carbonyl (C=O) groups excluding carboxylic acids is 2. The average Bonchev–Trinajstić information content (AvgIpc) is 2.53. The topological polar surface area (TPSA) is 80.3 Å². The van der Waals surface area contributed by atoms with Crippen molar-refractivity contribution in [3.05, 3.63) is 0 Å². The Hall–Kier alpha value is -0.261. The Morgan fingerprint density at radius 1 is 0.520 bits per heavy atom. The van der Waals surface area contributed by atoms with E-state index >= 15 is 0 Å². The van der Waals surface area contributed by atoms with Crippen LogP contribution in [0.2, 0.25) is 0 Å². The summed E-state index contributed by atoms with van der Waals surface area (Å²) >= 11 is 0. The van der Waals surface area contributed by atoms with Gasteiger partial charge < -0.3 is 19.8 Å². The maximum atomic E-state index is 10.0. The molecular formula is C20H40O4Sn. The molecule has 148 valence electrons. The number of rotatable bonds is 16. The second-order valence-electron chi connectivity index (χ2n) is 6.49. The first-order valence-corrected chi connectivity index (χ1v) is 9.94. The Kier molecular flexibility index (Phi) is 30.6. The molecule has 5 heteroatoms. The zero-order valence-electron chi connectivity index (χ0n) is 16.7. The van der Waals surface area contributed by atoms with E-state index in [4.69, 9.17) is 0 Å². The van der Waals surface area contributed by atoms with Crippen molar-refractivity contribution < 1.29 is 19.8 Å². The number of carboxylic acid groups (broad SMARTS) is 2. The van der Waals surface area contributed by atoms with Crippen LogP contribution in [-0.2, 0) is 9.59 Å². The van der Waals surface area contributed by atoms with Crippen molar-refractivity contribution in [2.24, 2.45) is 0 Å². The summed E-state index contributed by atoms with van der Waals surface area (Å²) in [7, 11) is 0. The van der Waals surface area contributed by atoms with Crippen LogP contribution in [0.25, 0.3) is 0 Å². The molecule has 0 aromatic carbocycles. The van der Waals surface area contributed by atoms with E-state index in [0.29, 0.717) is 0 Å². The van der Waals surface area contributed by atoms with Crippen LogP contribution in [0.15, 0.2) is 0 Å². The molecule has 0 N–H and O–H groups in total. The summed E-state index contributed by atoms with van der Waals surface area (Å²) in [6.07, 6.45) is 16.7. The number of carbonyl (C=O) groups is 2. The standard InChI is InChI=1S/2C10H20O2.Sn.2H/c2*1-2-3-4-5-6-7-8-9-10(11)12;;;/h2*2-9H2,1H3,(H,11,12);;;/q;;+2;;/p-2. The molecule has 0 aliphatic rings. The molecule has 0 rings (SSSR count). The van der Waals surface area contributed by atoms with Crippen LogP contribution >= 0.6 is 0 Å². The number of carboxylic acids is 2. The van der Waals surface area contributed by atoms with Gasteiger partial charge in [-0.25, -0.2) is 0 Å². The van der Waals surface area contributed by atoms with Gasteiger partial charge in [0.25, 0.3) is 0 Å². The quantitative estimate of drug-likeness (QED) is 0.261. The molecule has 0 atom stereocenters. The third kappa shape index (κ3) is 35.7. The molecule has 0 radical (unpaired) electrons. The summed E-state index contributed by atoms with van der Waals surface area (Å²) in [5.74, 6) is -1.83. The predicted octanol–water partition coefficient (Wildman–Crippen LogP) is 2.84. The van der Waals surface area contributed by atoms with E-state index in [9.17, 15) is 19.8 Å². The van der Waals surface area contributed by atoms with Crippen LogP contribution in [0.4, 0.5) is 0 Å². The molecule has 0 heterocycles. The minimum absolute atomic E-state index is 0. The van der Waals surface area contributed by atoms with Crippen LogP contribution < -0.4 is 10.2 Å². The van der Waals surface area contributed by atoms with Crippen LogP contribution in [0.1, 0.15) is 117 Å². The van der Waals surface area contributed by atoms with Gasteiger partial charge >= 0.3 is 23.9 Å². The fourth-order valence-electron chi connectivity index (χ4n) is 2.45. The molecule has 0 bridgehead atoms. The first kappa shape index (κ1) is 29.5. The fraction of sp³-hybridized carbons (Fsp3) is 0.900. The Bertz CT molecular complexity index is 255. The molecule has 0 aliphatic heterocycles. The molecule has 4 nitrogen and oxygen atoms in total. The van der Waals surface area contributed by atoms with Gasteiger partial charge in [-0.15, -0.1) is 0 Å². The first-order chi connectivity index (χ1) is 11.5. The zero-order valence-corrected chi connectivity index (χ0v) is 20.7. The van der Waals surface area contributed by atoms with Gasteiger partial charge in [0.05, 0.1) is 0 Å². The fourth-order valence-corrected chi connectivity index (χ4v) is 2.45. The predicted molar refractivity (Wildman–Crippen MR) is 104 cm³/mol. The van der Waals surface area contributed by atoms with Gasteiger partial charge in [-0.1, -0.05) is 90.9 Å². The van der Waals surface area contributed by atoms with Gasteiger partial charge in [-0.05, 0) is 25.7 Å². The zero-order chi connectivity index (χ0) is 18.5. The summed E-state index contributed by atoms with van der Waals surface area (Å²) in [5, 5.41) is 20.0. The van der Waals surface area contributed by atoms with Crippen molar-refractivity contribution in [3.8, 4) is 0 Å². The second kappa shape index (κ2) is 26.0. The molecule has 0 aromatic rings. The number of hydrogen-bond acceptors (Lipinski definition) is 4. The third-order valence-electron chi connectivity index (χ3n) is 3.97. The van der Waals surface area contributed by atoms with Gasteiger partial charge in [0.1, 0.15) is 0 Å². The summed E-state index contributed by atoms with van der Waals surface area (Å²) in [6, 6.07) is 0.